The predicted octanol–water partition coefficient (Wildman–Crippen LogP) is 0.608. The first-order chi connectivity index (χ1) is 15.3. The number of nitrogens with one attached hydrogen (secondary N) is 2. The lowest BCUT2D eigenvalue weighted by Gasteiger charge is -2.49. The summed E-state index contributed by atoms with van der Waals surface area (Å²) in [5, 5.41) is 31.4. The summed E-state index contributed by atoms with van der Waals surface area (Å²) < 4.78 is 4.93. The van der Waals surface area contributed by atoms with Crippen molar-refractivity contribution < 1.29 is 29.3 Å². The van der Waals surface area contributed by atoms with Crippen LogP contribution < -0.4 is 11.1 Å². The van der Waals surface area contributed by atoms with Gasteiger partial charge in [-0.15, -0.1) is 16.9 Å². The van der Waals surface area contributed by atoms with Crippen LogP contribution in [0.4, 0.5) is 4.79 Å². The molecule has 0 spiro atoms. The van der Waals surface area contributed by atoms with Gasteiger partial charge in [0.05, 0.1) is 6.20 Å². The van der Waals surface area contributed by atoms with Crippen LogP contribution in [0, 0.1) is 0 Å². The molecule has 12 nitrogen and oxygen atoms in total. The minimum Gasteiger partial charge on any atom is -0.508 e. The lowest BCUT2D eigenvalue weighted by atomic mass is 10.0. The van der Waals surface area contributed by atoms with Gasteiger partial charge in [0, 0.05) is 17.1 Å². The summed E-state index contributed by atoms with van der Waals surface area (Å²) in [4.78, 5) is 37.8. The van der Waals surface area contributed by atoms with Crippen molar-refractivity contribution in [1.82, 2.24) is 25.6 Å². The quantitative estimate of drug-likeness (QED) is 0.213. The van der Waals surface area contributed by atoms with E-state index in [1.54, 1.807) is 0 Å². The van der Waals surface area contributed by atoms with Crippen molar-refractivity contribution in [2.24, 2.45) is 5.73 Å². The van der Waals surface area contributed by atoms with Gasteiger partial charge in [-0.3, -0.25) is 14.5 Å². The number of benzene rings is 1. The van der Waals surface area contributed by atoms with E-state index < -0.39 is 35.4 Å². The van der Waals surface area contributed by atoms with Crippen molar-refractivity contribution in [3.63, 3.8) is 0 Å². The molecule has 1 aromatic carbocycles. The molecule has 32 heavy (non-hydrogen) atoms. The molecule has 3 heterocycles. The second-order valence-electron chi connectivity index (χ2n) is 6.84. The first kappa shape index (κ1) is 22.0. The molecule has 0 aliphatic carbocycles. The summed E-state index contributed by atoms with van der Waals surface area (Å²) in [7, 11) is 0. The number of amides is 2. The van der Waals surface area contributed by atoms with Crippen molar-refractivity contribution in [3.8, 4) is 5.75 Å². The van der Waals surface area contributed by atoms with Gasteiger partial charge in [-0.2, -0.15) is 10.3 Å². The molecular formula is C18H18N6O6S2. The molecule has 6 N–H and O–H groups in total. The van der Waals surface area contributed by atoms with Crippen LogP contribution in [0.5, 0.6) is 5.75 Å². The number of aromatic nitrogens is 3. The lowest BCUT2D eigenvalue weighted by molar-refractivity contribution is -0.149. The van der Waals surface area contributed by atoms with Crippen LogP contribution in [0.25, 0.3) is 0 Å². The average Bonchev–Trinajstić information content (AvgIpc) is 3.29. The van der Waals surface area contributed by atoms with E-state index in [4.69, 9.17) is 15.6 Å². The number of nitrogens with zero attached hydrogens (tertiary/aromatic N) is 3. The number of carbonyl (C=O) groups is 3. The minimum absolute atomic E-state index is 0.0417. The molecule has 0 radical (unpaired) electrons. The van der Waals surface area contributed by atoms with Gasteiger partial charge in [0.25, 0.3) is 5.91 Å². The summed E-state index contributed by atoms with van der Waals surface area (Å²) in [6, 6.07) is 3.95. The molecule has 1 fully saturated rings. The Balaban J connectivity index is 1.45. The molecule has 2 aromatic rings. The molecular weight excluding hydrogens is 460 g/mol. The van der Waals surface area contributed by atoms with E-state index in [0.29, 0.717) is 27.7 Å². The number of thioether (sulfide) groups is 2. The van der Waals surface area contributed by atoms with E-state index in [1.165, 1.54) is 58.9 Å². The fraction of sp³-hybridized carbons (Fsp3) is 0.278. The Labute approximate surface area is 189 Å². The van der Waals surface area contributed by atoms with Gasteiger partial charge in [-0.1, -0.05) is 23.9 Å². The Hall–Kier alpha value is -3.23. The smallest absolute Gasteiger partial charge is 0.508 e. The number of carbonyl (C=O) groups excluding carboxylic acids is 2. The highest BCUT2D eigenvalue weighted by atomic mass is 32.2. The molecule has 1 aromatic heterocycles. The number of ether oxygens (including phenoxy) is 1. The van der Waals surface area contributed by atoms with E-state index in [-0.39, 0.29) is 11.6 Å². The number of H-pyrrole nitrogens is 1. The SMILES string of the molecule is NC(C(=O)NC1C(=O)N2C(OC(=O)O)=C(CSc3cn[nH]n3)CS[C@@H]12)c1ccc(O)cc1. The highest BCUT2D eigenvalue weighted by molar-refractivity contribution is 8.01. The van der Waals surface area contributed by atoms with Crippen LogP contribution >= 0.6 is 23.5 Å². The number of nitrogens with two attached hydrogens (primary N) is 1. The van der Waals surface area contributed by atoms with Crippen molar-refractivity contribution in [3.05, 3.63) is 47.5 Å². The van der Waals surface area contributed by atoms with Gasteiger partial charge in [0.15, 0.2) is 0 Å². The lowest BCUT2D eigenvalue weighted by Crippen LogP contribution is -2.70. The number of phenolic OH excluding ortho intramolecular Hbond substituents is 1. The Kier molecular flexibility index (Phi) is 6.25. The standard InChI is InChI=1S/C18H18N6O6S2/c19-12(8-1-3-10(25)4-2-8)14(26)21-13-15(27)24-16(30-18(28)29)9(7-32-17(13)24)6-31-11-5-20-23-22-11/h1-5,12-13,17,25H,6-7,19H2,(H,21,26)(H,28,29)(H,20,22,23)/t12?,13?,17-/m0/s1. The highest BCUT2D eigenvalue weighted by Crippen LogP contribution is 2.42. The Morgan fingerprint density at radius 3 is 2.81 bits per heavy atom. The number of hydrogen-bond acceptors (Lipinski definition) is 10. The molecule has 2 amide bonds. The third-order valence-electron chi connectivity index (χ3n) is 4.80. The zero-order chi connectivity index (χ0) is 22.8. The van der Waals surface area contributed by atoms with Gasteiger partial charge >= 0.3 is 6.16 Å². The fourth-order valence-corrected chi connectivity index (χ4v) is 5.44. The molecule has 0 saturated carbocycles. The van der Waals surface area contributed by atoms with Crippen molar-refractivity contribution >= 4 is 41.5 Å². The largest absolute Gasteiger partial charge is 0.512 e. The number of β-lactam (4-membered cyclic amide) rings is 1. The molecule has 0 bridgehead atoms. The Morgan fingerprint density at radius 2 is 2.16 bits per heavy atom. The fourth-order valence-electron chi connectivity index (χ4n) is 3.21. The zero-order valence-electron chi connectivity index (χ0n) is 16.3. The van der Waals surface area contributed by atoms with Crippen molar-refractivity contribution in [2.75, 3.05) is 11.5 Å². The minimum atomic E-state index is -1.54. The molecule has 14 heteroatoms. The number of aromatic hydroxyl groups is 1. The topological polar surface area (TPSA) is 184 Å². The van der Waals surface area contributed by atoms with Crippen LogP contribution in [0.15, 0.2) is 46.9 Å². The van der Waals surface area contributed by atoms with Crippen LogP contribution in [0.3, 0.4) is 0 Å². The molecule has 4 rings (SSSR count). The first-order valence-corrected chi connectivity index (χ1v) is 11.3. The maximum absolute atomic E-state index is 12.8. The van der Waals surface area contributed by atoms with E-state index >= 15 is 0 Å². The van der Waals surface area contributed by atoms with Gasteiger partial charge in [0.1, 0.15) is 28.2 Å². The van der Waals surface area contributed by atoms with Crippen LogP contribution in [0.2, 0.25) is 0 Å². The van der Waals surface area contributed by atoms with Gasteiger partial charge in [0.2, 0.25) is 11.8 Å². The maximum atomic E-state index is 12.8. The number of fused-ring (bicyclic) bond motifs is 1. The summed E-state index contributed by atoms with van der Waals surface area (Å²) in [6.45, 7) is 0. The number of aromatic amines is 1. The van der Waals surface area contributed by atoms with Crippen molar-refractivity contribution in [2.45, 2.75) is 22.5 Å². The molecule has 1 saturated heterocycles. The summed E-state index contributed by atoms with van der Waals surface area (Å²) in [5.74, 6) is -0.310. The summed E-state index contributed by atoms with van der Waals surface area (Å²) >= 11 is 2.70. The monoisotopic (exact) mass is 478 g/mol. The normalized spacial score (nSPS) is 20.9. The van der Waals surface area contributed by atoms with Crippen LogP contribution in [-0.2, 0) is 14.3 Å². The first-order valence-electron chi connectivity index (χ1n) is 9.26. The highest BCUT2D eigenvalue weighted by Gasteiger charge is 2.54. The van der Waals surface area contributed by atoms with E-state index in [1.807, 2.05) is 0 Å². The summed E-state index contributed by atoms with van der Waals surface area (Å²) in [5.41, 5.74) is 7.06. The van der Waals surface area contributed by atoms with Crippen LogP contribution in [0.1, 0.15) is 11.6 Å². The average molecular weight is 479 g/mol. The van der Waals surface area contributed by atoms with Gasteiger partial charge < -0.3 is 26.0 Å². The second-order valence-corrected chi connectivity index (χ2v) is 8.94. The van der Waals surface area contributed by atoms with E-state index in [9.17, 15) is 19.5 Å². The van der Waals surface area contributed by atoms with Crippen molar-refractivity contribution in [1.29, 1.82) is 0 Å². The zero-order valence-corrected chi connectivity index (χ0v) is 17.9. The number of rotatable bonds is 7. The van der Waals surface area contributed by atoms with E-state index in [0.717, 1.165) is 0 Å². The third kappa shape index (κ3) is 4.37. The molecule has 3 atom stereocenters. The van der Waals surface area contributed by atoms with Crippen LogP contribution in [-0.4, -0.2) is 71.4 Å². The molecule has 2 aliphatic rings. The Bertz CT molecular complexity index is 1060. The molecule has 2 aliphatic heterocycles. The van der Waals surface area contributed by atoms with E-state index in [2.05, 4.69) is 20.7 Å². The second kappa shape index (κ2) is 9.10. The molecule has 2 unspecified atom stereocenters. The molecule has 168 valence electrons. The maximum Gasteiger partial charge on any atom is 0.512 e. The summed E-state index contributed by atoms with van der Waals surface area (Å²) in [6.07, 6.45) is -0.0106. The predicted molar refractivity (Wildman–Crippen MR) is 113 cm³/mol. The number of carboxylic acid groups (broad SMARTS) is 1. The number of phenols is 1. The van der Waals surface area contributed by atoms with Gasteiger partial charge in [-0.25, -0.2) is 4.79 Å². The third-order valence-corrected chi connectivity index (χ3v) is 7.12. The number of hydrogen-bond donors (Lipinski definition) is 5. The Morgan fingerprint density at radius 1 is 1.41 bits per heavy atom. The van der Waals surface area contributed by atoms with Gasteiger partial charge in [-0.05, 0) is 17.7 Å².